The van der Waals surface area contributed by atoms with E-state index in [0.29, 0.717) is 5.92 Å². The van der Waals surface area contributed by atoms with Gasteiger partial charge < -0.3 is 11.1 Å². The monoisotopic (exact) mass is 276 g/mol. The highest BCUT2D eigenvalue weighted by molar-refractivity contribution is 5.87. The van der Waals surface area contributed by atoms with E-state index in [0.717, 1.165) is 24.1 Å². The molecule has 0 radical (unpaired) electrons. The van der Waals surface area contributed by atoms with Crippen LogP contribution in [0.1, 0.15) is 53.0 Å². The first-order valence-electron chi connectivity index (χ1n) is 7.44. The number of benzene rings is 1. The average molecular weight is 276 g/mol. The molecular weight excluding hydrogens is 248 g/mol. The van der Waals surface area contributed by atoms with E-state index in [9.17, 15) is 4.79 Å². The number of nitrogens with one attached hydrogen (secondary N) is 1. The van der Waals surface area contributed by atoms with Crippen LogP contribution in [-0.4, -0.2) is 11.9 Å². The average Bonchev–Trinajstić information content (AvgIpc) is 2.38. The maximum absolute atomic E-state index is 12.5. The number of hydrogen-bond acceptors (Lipinski definition) is 2. The molecule has 2 atom stereocenters. The topological polar surface area (TPSA) is 55.1 Å². The smallest absolute Gasteiger partial charge is 0.230 e. The van der Waals surface area contributed by atoms with Gasteiger partial charge in [-0.3, -0.25) is 4.79 Å². The molecule has 20 heavy (non-hydrogen) atoms. The normalized spacial score (nSPS) is 14.7. The zero-order valence-electron chi connectivity index (χ0n) is 13.4. The van der Waals surface area contributed by atoms with Crippen molar-refractivity contribution in [3.05, 3.63) is 29.8 Å². The minimum absolute atomic E-state index is 0.0677. The fourth-order valence-electron chi connectivity index (χ4n) is 2.26. The molecule has 112 valence electrons. The molecule has 0 spiro atoms. The number of hydrogen-bond donors (Lipinski definition) is 2. The first-order chi connectivity index (χ1) is 9.27. The highest BCUT2D eigenvalue weighted by Crippen LogP contribution is 2.24. The van der Waals surface area contributed by atoms with E-state index in [4.69, 9.17) is 5.73 Å². The van der Waals surface area contributed by atoms with Gasteiger partial charge >= 0.3 is 0 Å². The molecule has 1 aromatic carbocycles. The predicted molar refractivity (Wildman–Crippen MR) is 85.6 cm³/mol. The Balaban J connectivity index is 2.72. The lowest BCUT2D eigenvalue weighted by Crippen LogP contribution is -2.44. The van der Waals surface area contributed by atoms with Crippen LogP contribution in [0, 0.1) is 5.92 Å². The third-order valence-electron chi connectivity index (χ3n) is 4.03. The Bertz CT molecular complexity index is 437. The van der Waals surface area contributed by atoms with Crippen LogP contribution in [0.15, 0.2) is 24.3 Å². The van der Waals surface area contributed by atoms with Gasteiger partial charge in [0.2, 0.25) is 5.91 Å². The van der Waals surface area contributed by atoms with Crippen molar-refractivity contribution in [2.75, 3.05) is 5.73 Å². The molecule has 2 unspecified atom stereocenters. The zero-order chi connectivity index (χ0) is 15.3. The lowest BCUT2D eigenvalue weighted by Gasteiger charge is -2.27. The number of carbonyl (C=O) groups excluding carboxylic acids is 1. The molecular formula is C17H28N2O. The third kappa shape index (κ3) is 4.26. The first kappa shape index (κ1) is 16.5. The Morgan fingerprint density at radius 3 is 2.30 bits per heavy atom. The summed E-state index contributed by atoms with van der Waals surface area (Å²) in [6.45, 7) is 10.4. The maximum Gasteiger partial charge on any atom is 0.230 e. The van der Waals surface area contributed by atoms with Crippen LogP contribution in [0.5, 0.6) is 0 Å². The second-order valence-electron chi connectivity index (χ2n) is 6.37. The van der Waals surface area contributed by atoms with Crippen LogP contribution in [0.4, 0.5) is 5.69 Å². The number of nitrogen functional groups attached to an aromatic ring is 1. The summed E-state index contributed by atoms with van der Waals surface area (Å²) in [4.78, 5) is 12.5. The van der Waals surface area contributed by atoms with Crippen molar-refractivity contribution in [1.82, 2.24) is 5.32 Å². The zero-order valence-corrected chi connectivity index (χ0v) is 13.4. The molecule has 1 amide bonds. The largest absolute Gasteiger partial charge is 0.399 e. The molecule has 0 fully saturated rings. The molecule has 1 aromatic rings. The van der Waals surface area contributed by atoms with Gasteiger partial charge in [0, 0.05) is 11.7 Å². The van der Waals surface area contributed by atoms with Crippen LogP contribution in [0.2, 0.25) is 0 Å². The molecule has 0 aliphatic rings. The minimum atomic E-state index is -0.544. The first-order valence-corrected chi connectivity index (χ1v) is 7.44. The fraction of sp³-hybridized carbons (Fsp3) is 0.588. The molecule has 3 N–H and O–H groups in total. The van der Waals surface area contributed by atoms with E-state index in [1.165, 1.54) is 0 Å². The Hall–Kier alpha value is -1.51. The Kier molecular flexibility index (Phi) is 5.61. The van der Waals surface area contributed by atoms with Crippen molar-refractivity contribution in [2.24, 2.45) is 5.92 Å². The number of nitrogens with two attached hydrogens (primary N) is 1. The fourth-order valence-corrected chi connectivity index (χ4v) is 2.26. The summed E-state index contributed by atoms with van der Waals surface area (Å²) in [6.07, 6.45) is 2.15. The molecule has 0 saturated heterocycles. The number of carbonyl (C=O) groups is 1. The maximum atomic E-state index is 12.5. The van der Waals surface area contributed by atoms with Crippen molar-refractivity contribution in [1.29, 1.82) is 0 Å². The molecule has 0 aliphatic carbocycles. The number of rotatable bonds is 6. The van der Waals surface area contributed by atoms with Gasteiger partial charge in [-0.05, 0) is 50.8 Å². The van der Waals surface area contributed by atoms with Crippen LogP contribution < -0.4 is 11.1 Å². The second kappa shape index (κ2) is 6.78. The van der Waals surface area contributed by atoms with Gasteiger partial charge in [-0.2, -0.15) is 0 Å². The van der Waals surface area contributed by atoms with Gasteiger partial charge in [0.05, 0.1) is 5.41 Å². The Labute approximate surface area is 122 Å². The summed E-state index contributed by atoms with van der Waals surface area (Å²) >= 11 is 0. The van der Waals surface area contributed by atoms with Crippen molar-refractivity contribution in [3.8, 4) is 0 Å². The van der Waals surface area contributed by atoms with E-state index in [1.807, 2.05) is 38.1 Å². The number of amides is 1. The molecule has 0 heterocycles. The summed E-state index contributed by atoms with van der Waals surface area (Å²) in [6, 6.07) is 7.73. The lowest BCUT2D eigenvalue weighted by atomic mass is 9.83. The summed E-state index contributed by atoms with van der Waals surface area (Å²) < 4.78 is 0. The van der Waals surface area contributed by atoms with Gasteiger partial charge in [0.15, 0.2) is 0 Å². The molecule has 0 bridgehead atoms. The van der Waals surface area contributed by atoms with Gasteiger partial charge in [-0.1, -0.05) is 32.4 Å². The molecule has 0 aromatic heterocycles. The lowest BCUT2D eigenvalue weighted by molar-refractivity contribution is -0.126. The molecule has 3 nitrogen and oxygen atoms in total. The van der Waals surface area contributed by atoms with Gasteiger partial charge in [0.1, 0.15) is 0 Å². The SMILES string of the molecule is CCC(C)CC(C)NC(=O)C(C)(C)c1ccc(N)cc1. The highest BCUT2D eigenvalue weighted by Gasteiger charge is 2.30. The minimum Gasteiger partial charge on any atom is -0.399 e. The van der Waals surface area contributed by atoms with Gasteiger partial charge in [-0.15, -0.1) is 0 Å². The Morgan fingerprint density at radius 2 is 1.80 bits per heavy atom. The summed E-state index contributed by atoms with van der Waals surface area (Å²) in [5.74, 6) is 0.697. The molecule has 1 rings (SSSR count). The van der Waals surface area contributed by atoms with Crippen LogP contribution in [0.25, 0.3) is 0 Å². The van der Waals surface area contributed by atoms with Gasteiger partial charge in [0.25, 0.3) is 0 Å². The number of anilines is 1. The standard InChI is InChI=1S/C17H28N2O/c1-6-12(2)11-13(3)19-16(20)17(4,5)14-7-9-15(18)10-8-14/h7-10,12-13H,6,11,18H2,1-5H3,(H,19,20). The van der Waals surface area contributed by atoms with Crippen LogP contribution in [-0.2, 0) is 10.2 Å². The summed E-state index contributed by atoms with van der Waals surface area (Å²) in [7, 11) is 0. The van der Waals surface area contributed by atoms with E-state index in [1.54, 1.807) is 0 Å². The summed E-state index contributed by atoms with van der Waals surface area (Å²) in [5.41, 5.74) is 6.86. The van der Waals surface area contributed by atoms with E-state index in [-0.39, 0.29) is 11.9 Å². The van der Waals surface area contributed by atoms with Crippen LogP contribution in [0.3, 0.4) is 0 Å². The van der Waals surface area contributed by atoms with Crippen molar-refractivity contribution in [2.45, 2.75) is 58.9 Å². The van der Waals surface area contributed by atoms with Crippen molar-refractivity contribution in [3.63, 3.8) is 0 Å². The highest BCUT2D eigenvalue weighted by atomic mass is 16.2. The molecule has 3 heteroatoms. The van der Waals surface area contributed by atoms with E-state index < -0.39 is 5.41 Å². The van der Waals surface area contributed by atoms with Crippen LogP contribution >= 0.6 is 0 Å². The quantitative estimate of drug-likeness (QED) is 0.781. The summed E-state index contributed by atoms with van der Waals surface area (Å²) in [5, 5.41) is 3.13. The van der Waals surface area contributed by atoms with E-state index >= 15 is 0 Å². The van der Waals surface area contributed by atoms with E-state index in [2.05, 4.69) is 26.1 Å². The third-order valence-corrected chi connectivity index (χ3v) is 4.03. The Morgan fingerprint density at radius 1 is 1.25 bits per heavy atom. The van der Waals surface area contributed by atoms with Crippen molar-refractivity contribution >= 4 is 11.6 Å². The second-order valence-corrected chi connectivity index (χ2v) is 6.37. The molecule has 0 saturated carbocycles. The van der Waals surface area contributed by atoms with Gasteiger partial charge in [-0.25, -0.2) is 0 Å². The predicted octanol–water partition coefficient (Wildman–Crippen LogP) is 3.49. The van der Waals surface area contributed by atoms with Crippen molar-refractivity contribution < 1.29 is 4.79 Å². The molecule has 0 aliphatic heterocycles.